The minimum absolute atomic E-state index is 0.144. The van der Waals surface area contributed by atoms with Crippen LogP contribution >= 0.6 is 0 Å². The maximum atomic E-state index is 11.2. The van der Waals surface area contributed by atoms with Crippen molar-refractivity contribution < 1.29 is 24.1 Å². The van der Waals surface area contributed by atoms with Gasteiger partial charge in [0.2, 0.25) is 0 Å². The average Bonchev–Trinajstić information content (AvgIpc) is 2.62. The molecule has 5 nitrogen and oxygen atoms in total. The van der Waals surface area contributed by atoms with Crippen molar-refractivity contribution in [1.82, 2.24) is 0 Å². The van der Waals surface area contributed by atoms with E-state index in [0.29, 0.717) is 12.4 Å². The minimum atomic E-state index is -0.705. The van der Waals surface area contributed by atoms with E-state index in [4.69, 9.17) is 9.47 Å². The molecular weight excluding hydrogens is 308 g/mol. The summed E-state index contributed by atoms with van der Waals surface area (Å²) in [6, 6.07) is 16.9. The Balaban J connectivity index is 1.67. The molecule has 0 aliphatic carbocycles. The number of esters is 1. The third-order valence-corrected chi connectivity index (χ3v) is 3.36. The lowest BCUT2D eigenvalue weighted by atomic mass is 10.1. The first-order chi connectivity index (χ1) is 11.7. The van der Waals surface area contributed by atoms with Gasteiger partial charge in [0.25, 0.3) is 0 Å². The summed E-state index contributed by atoms with van der Waals surface area (Å²) in [5.41, 5.74) is 1.91. The molecule has 0 saturated heterocycles. The van der Waals surface area contributed by atoms with E-state index in [2.05, 4.69) is 4.74 Å². The molecular formula is C19H22O5. The molecule has 0 spiro atoms. The topological polar surface area (TPSA) is 65.0 Å². The number of benzene rings is 2. The van der Waals surface area contributed by atoms with Crippen LogP contribution in [0, 0.1) is 0 Å². The molecule has 0 heterocycles. The fourth-order valence-electron chi connectivity index (χ4n) is 2.07. The van der Waals surface area contributed by atoms with Crippen molar-refractivity contribution in [2.24, 2.45) is 0 Å². The fourth-order valence-corrected chi connectivity index (χ4v) is 2.07. The Morgan fingerprint density at radius 3 is 2.38 bits per heavy atom. The number of aliphatic hydroxyl groups excluding tert-OH is 1. The zero-order valence-corrected chi connectivity index (χ0v) is 13.7. The summed E-state index contributed by atoms with van der Waals surface area (Å²) in [5.74, 6) is 0.348. The molecule has 0 amide bonds. The lowest BCUT2D eigenvalue weighted by Crippen LogP contribution is -2.23. The summed E-state index contributed by atoms with van der Waals surface area (Å²) in [7, 11) is 1.36. The van der Waals surface area contributed by atoms with Gasteiger partial charge in [-0.05, 0) is 23.3 Å². The molecule has 5 heteroatoms. The van der Waals surface area contributed by atoms with Crippen LogP contribution < -0.4 is 4.74 Å². The molecule has 128 valence electrons. The average molecular weight is 330 g/mol. The minimum Gasteiger partial charge on any atom is -0.491 e. The number of carbonyl (C=O) groups excluding carboxylic acids is 1. The normalized spacial score (nSPS) is 11.8. The van der Waals surface area contributed by atoms with Crippen LogP contribution in [0.5, 0.6) is 5.75 Å². The molecule has 1 N–H and O–H groups in total. The first-order valence-corrected chi connectivity index (χ1v) is 7.75. The van der Waals surface area contributed by atoms with Crippen LogP contribution in [0.25, 0.3) is 0 Å². The standard InChI is InChI=1S/C19H22O5/c1-22-19(21)11-15-7-9-18(10-8-15)24-14-17(20)13-23-12-16-5-3-2-4-6-16/h2-10,17,20H,11-14H2,1H3/t17-/m0/s1. The van der Waals surface area contributed by atoms with Crippen molar-refractivity contribution in [3.05, 3.63) is 65.7 Å². The van der Waals surface area contributed by atoms with Crippen molar-refractivity contribution in [1.29, 1.82) is 0 Å². The Labute approximate surface area is 141 Å². The van der Waals surface area contributed by atoms with Crippen LogP contribution in [0.2, 0.25) is 0 Å². The van der Waals surface area contributed by atoms with E-state index in [1.807, 2.05) is 30.3 Å². The molecule has 2 aromatic rings. The maximum absolute atomic E-state index is 11.2. The molecule has 2 aromatic carbocycles. The van der Waals surface area contributed by atoms with Crippen LogP contribution in [0.4, 0.5) is 0 Å². The summed E-state index contributed by atoms with van der Waals surface area (Å²) in [5, 5.41) is 9.88. The Morgan fingerprint density at radius 1 is 1.00 bits per heavy atom. The molecule has 0 unspecified atom stereocenters. The Morgan fingerprint density at radius 2 is 1.71 bits per heavy atom. The second-order valence-corrected chi connectivity index (χ2v) is 5.36. The molecule has 24 heavy (non-hydrogen) atoms. The zero-order valence-electron chi connectivity index (χ0n) is 13.7. The first kappa shape index (κ1) is 18.0. The predicted molar refractivity (Wildman–Crippen MR) is 89.8 cm³/mol. The molecule has 0 aliphatic heterocycles. The van der Waals surface area contributed by atoms with E-state index in [1.54, 1.807) is 24.3 Å². The fraction of sp³-hybridized carbons (Fsp3) is 0.316. The molecule has 2 rings (SSSR count). The maximum Gasteiger partial charge on any atom is 0.309 e. The smallest absolute Gasteiger partial charge is 0.309 e. The van der Waals surface area contributed by atoms with Gasteiger partial charge in [-0.25, -0.2) is 0 Å². The zero-order chi connectivity index (χ0) is 17.2. The van der Waals surface area contributed by atoms with E-state index in [9.17, 15) is 9.90 Å². The lowest BCUT2D eigenvalue weighted by Gasteiger charge is -2.13. The number of aliphatic hydroxyl groups is 1. The van der Waals surface area contributed by atoms with E-state index < -0.39 is 6.10 Å². The number of rotatable bonds is 9. The third-order valence-electron chi connectivity index (χ3n) is 3.36. The van der Waals surface area contributed by atoms with Crippen LogP contribution in [0.3, 0.4) is 0 Å². The summed E-state index contributed by atoms with van der Waals surface area (Å²) in [6.45, 7) is 0.806. The highest BCUT2D eigenvalue weighted by Gasteiger charge is 2.07. The van der Waals surface area contributed by atoms with E-state index >= 15 is 0 Å². The number of hydrogen-bond acceptors (Lipinski definition) is 5. The second kappa shape index (κ2) is 9.70. The Hall–Kier alpha value is -2.37. The van der Waals surface area contributed by atoms with Crippen LogP contribution in [-0.4, -0.2) is 37.5 Å². The van der Waals surface area contributed by atoms with Gasteiger partial charge < -0.3 is 19.3 Å². The van der Waals surface area contributed by atoms with Gasteiger partial charge in [0, 0.05) is 0 Å². The molecule has 1 atom stereocenters. The van der Waals surface area contributed by atoms with Gasteiger partial charge in [0.15, 0.2) is 0 Å². The van der Waals surface area contributed by atoms with Crippen molar-refractivity contribution in [2.45, 2.75) is 19.1 Å². The highest BCUT2D eigenvalue weighted by molar-refractivity contribution is 5.72. The number of ether oxygens (including phenoxy) is 3. The van der Waals surface area contributed by atoms with Gasteiger partial charge in [0.1, 0.15) is 18.5 Å². The van der Waals surface area contributed by atoms with Gasteiger partial charge in [0.05, 0.1) is 26.7 Å². The first-order valence-electron chi connectivity index (χ1n) is 7.75. The molecule has 0 bridgehead atoms. The highest BCUT2D eigenvalue weighted by Crippen LogP contribution is 2.13. The second-order valence-electron chi connectivity index (χ2n) is 5.36. The van der Waals surface area contributed by atoms with Gasteiger partial charge in [-0.15, -0.1) is 0 Å². The molecule has 0 fully saturated rings. The monoisotopic (exact) mass is 330 g/mol. The van der Waals surface area contributed by atoms with Crippen LogP contribution in [-0.2, 0) is 27.3 Å². The lowest BCUT2D eigenvalue weighted by molar-refractivity contribution is -0.139. The Kier molecular flexibility index (Phi) is 7.26. The summed E-state index contributed by atoms with van der Waals surface area (Å²) in [6.07, 6.45) is -0.476. The highest BCUT2D eigenvalue weighted by atomic mass is 16.5. The van der Waals surface area contributed by atoms with Gasteiger partial charge in [-0.2, -0.15) is 0 Å². The van der Waals surface area contributed by atoms with E-state index in [0.717, 1.165) is 11.1 Å². The summed E-state index contributed by atoms with van der Waals surface area (Å²) >= 11 is 0. The number of methoxy groups -OCH3 is 1. The van der Waals surface area contributed by atoms with E-state index in [1.165, 1.54) is 7.11 Å². The van der Waals surface area contributed by atoms with Crippen LogP contribution in [0.1, 0.15) is 11.1 Å². The SMILES string of the molecule is COC(=O)Cc1ccc(OC[C@@H](O)COCc2ccccc2)cc1. The van der Waals surface area contributed by atoms with Crippen molar-refractivity contribution >= 4 is 5.97 Å². The number of hydrogen-bond donors (Lipinski definition) is 1. The van der Waals surface area contributed by atoms with Crippen molar-refractivity contribution in [3.8, 4) is 5.75 Å². The molecule has 0 aliphatic rings. The predicted octanol–water partition coefficient (Wildman–Crippen LogP) is 2.36. The summed E-state index contributed by atoms with van der Waals surface area (Å²) < 4.78 is 15.6. The van der Waals surface area contributed by atoms with Gasteiger partial charge >= 0.3 is 5.97 Å². The van der Waals surface area contributed by atoms with E-state index in [-0.39, 0.29) is 25.6 Å². The van der Waals surface area contributed by atoms with Crippen molar-refractivity contribution in [2.75, 3.05) is 20.3 Å². The number of carbonyl (C=O) groups is 1. The summed E-state index contributed by atoms with van der Waals surface area (Å²) in [4.78, 5) is 11.2. The van der Waals surface area contributed by atoms with Gasteiger partial charge in [-0.1, -0.05) is 42.5 Å². The Bertz CT molecular complexity index is 609. The molecule has 0 aromatic heterocycles. The largest absolute Gasteiger partial charge is 0.491 e. The van der Waals surface area contributed by atoms with Crippen molar-refractivity contribution in [3.63, 3.8) is 0 Å². The molecule has 0 saturated carbocycles. The van der Waals surface area contributed by atoms with Gasteiger partial charge in [-0.3, -0.25) is 4.79 Å². The quantitative estimate of drug-likeness (QED) is 0.715. The van der Waals surface area contributed by atoms with Crippen LogP contribution in [0.15, 0.2) is 54.6 Å². The third kappa shape index (κ3) is 6.40. The molecule has 0 radical (unpaired) electrons.